The summed E-state index contributed by atoms with van der Waals surface area (Å²) in [5, 5.41) is 11.4. The van der Waals surface area contributed by atoms with Gasteiger partial charge in [-0.15, -0.1) is 6.42 Å². The van der Waals surface area contributed by atoms with Gasteiger partial charge in [-0.1, -0.05) is 12.0 Å². The zero-order chi connectivity index (χ0) is 10.4. The van der Waals surface area contributed by atoms with Crippen molar-refractivity contribution in [1.29, 1.82) is 0 Å². The monoisotopic (exact) mass is 190 g/mol. The number of hydrogen-bond acceptors (Lipinski definition) is 3. The molecule has 72 valence electrons. The maximum atomic E-state index is 10.4. The van der Waals surface area contributed by atoms with Gasteiger partial charge in [0.25, 0.3) is 0 Å². The first-order chi connectivity index (χ1) is 6.72. The number of nitrogens with zero attached hydrogens (tertiary/aromatic N) is 1. The van der Waals surface area contributed by atoms with Crippen LogP contribution in [0.4, 0.5) is 5.82 Å². The van der Waals surface area contributed by atoms with Crippen molar-refractivity contribution in [2.45, 2.75) is 12.5 Å². The summed E-state index contributed by atoms with van der Waals surface area (Å²) in [6.07, 6.45) is 6.66. The Morgan fingerprint density at radius 2 is 2.50 bits per heavy atom. The Morgan fingerprint density at radius 3 is 3.00 bits per heavy atom. The normalized spacial score (nSPS) is 11.4. The van der Waals surface area contributed by atoms with Gasteiger partial charge in [-0.25, -0.2) is 4.98 Å². The summed E-state index contributed by atoms with van der Waals surface area (Å²) in [6, 6.07) is 4.77. The molecule has 0 saturated heterocycles. The van der Waals surface area contributed by atoms with Gasteiger partial charge in [0.05, 0.1) is 12.5 Å². The van der Waals surface area contributed by atoms with Gasteiger partial charge in [0.15, 0.2) is 0 Å². The first-order valence-electron chi connectivity index (χ1n) is 4.08. The number of aliphatic carboxylic acids is 1. The zero-order valence-corrected chi connectivity index (χ0v) is 7.47. The van der Waals surface area contributed by atoms with Crippen molar-refractivity contribution in [1.82, 2.24) is 4.98 Å². The fourth-order valence-electron chi connectivity index (χ4n) is 0.953. The molecule has 0 aliphatic carbocycles. The Hall–Kier alpha value is -2.02. The van der Waals surface area contributed by atoms with Gasteiger partial charge in [-0.3, -0.25) is 4.79 Å². The molecule has 4 nitrogen and oxygen atoms in total. The molecule has 0 aromatic carbocycles. The Bertz CT molecular complexity index is 343. The van der Waals surface area contributed by atoms with Crippen molar-refractivity contribution in [2.24, 2.45) is 0 Å². The molecule has 1 aromatic heterocycles. The molecule has 14 heavy (non-hydrogen) atoms. The maximum Gasteiger partial charge on any atom is 0.306 e. The van der Waals surface area contributed by atoms with Gasteiger partial charge in [0, 0.05) is 6.20 Å². The van der Waals surface area contributed by atoms with Crippen molar-refractivity contribution in [3.63, 3.8) is 0 Å². The molecule has 1 rings (SSSR count). The van der Waals surface area contributed by atoms with Crippen LogP contribution in [0.25, 0.3) is 0 Å². The number of carboxylic acid groups (broad SMARTS) is 1. The van der Waals surface area contributed by atoms with E-state index in [0.717, 1.165) is 0 Å². The highest BCUT2D eigenvalue weighted by Crippen LogP contribution is 2.04. The summed E-state index contributed by atoms with van der Waals surface area (Å²) >= 11 is 0. The molecule has 0 bridgehead atoms. The summed E-state index contributed by atoms with van der Waals surface area (Å²) in [7, 11) is 0. The third kappa shape index (κ3) is 3.15. The molecule has 4 heteroatoms. The van der Waals surface area contributed by atoms with Crippen molar-refractivity contribution < 1.29 is 9.90 Å². The molecule has 0 amide bonds. The molecular formula is C10H10N2O2. The number of terminal acetylenes is 1. The second-order valence-corrected chi connectivity index (χ2v) is 2.68. The molecule has 0 aliphatic rings. The average Bonchev–Trinajstić information content (AvgIpc) is 2.17. The van der Waals surface area contributed by atoms with Gasteiger partial charge in [0.2, 0.25) is 0 Å². The van der Waals surface area contributed by atoms with Crippen LogP contribution in [-0.2, 0) is 4.79 Å². The van der Waals surface area contributed by atoms with Crippen LogP contribution in [0.3, 0.4) is 0 Å². The molecule has 0 unspecified atom stereocenters. The molecule has 1 heterocycles. The van der Waals surface area contributed by atoms with Gasteiger partial charge >= 0.3 is 5.97 Å². The van der Waals surface area contributed by atoms with E-state index in [0.29, 0.717) is 5.82 Å². The number of rotatable bonds is 4. The SMILES string of the molecule is C#C[C@@H](CC(=O)O)Nc1ccccn1. The fraction of sp³-hybridized carbons (Fsp3) is 0.200. The van der Waals surface area contributed by atoms with E-state index < -0.39 is 12.0 Å². The molecule has 1 aromatic rings. The molecular weight excluding hydrogens is 180 g/mol. The second-order valence-electron chi connectivity index (χ2n) is 2.68. The van der Waals surface area contributed by atoms with E-state index in [1.54, 1.807) is 24.4 Å². The Balaban J connectivity index is 2.58. The largest absolute Gasteiger partial charge is 0.481 e. The van der Waals surface area contributed by atoms with E-state index in [2.05, 4.69) is 16.2 Å². The van der Waals surface area contributed by atoms with Gasteiger partial charge in [0.1, 0.15) is 5.82 Å². The van der Waals surface area contributed by atoms with Crippen LogP contribution in [0, 0.1) is 12.3 Å². The van der Waals surface area contributed by atoms with E-state index >= 15 is 0 Å². The maximum absolute atomic E-state index is 10.4. The molecule has 2 N–H and O–H groups in total. The number of anilines is 1. The molecule has 0 spiro atoms. The van der Waals surface area contributed by atoms with Crippen LogP contribution >= 0.6 is 0 Å². The number of hydrogen-bond donors (Lipinski definition) is 2. The summed E-state index contributed by atoms with van der Waals surface area (Å²) in [5.41, 5.74) is 0. The third-order valence-electron chi connectivity index (χ3n) is 1.57. The quantitative estimate of drug-likeness (QED) is 0.694. The van der Waals surface area contributed by atoms with Crippen molar-refractivity contribution in [3.8, 4) is 12.3 Å². The number of nitrogens with one attached hydrogen (secondary N) is 1. The summed E-state index contributed by atoms with van der Waals surface area (Å²) in [6.45, 7) is 0. The minimum atomic E-state index is -0.934. The topological polar surface area (TPSA) is 62.2 Å². The average molecular weight is 190 g/mol. The van der Waals surface area contributed by atoms with Crippen LogP contribution in [-0.4, -0.2) is 22.1 Å². The van der Waals surface area contributed by atoms with Gasteiger partial charge < -0.3 is 10.4 Å². The smallest absolute Gasteiger partial charge is 0.306 e. The predicted octanol–water partition coefficient (Wildman–Crippen LogP) is 0.970. The third-order valence-corrected chi connectivity index (χ3v) is 1.57. The minimum absolute atomic E-state index is 0.118. The molecule has 0 fully saturated rings. The van der Waals surface area contributed by atoms with E-state index in [1.165, 1.54) is 0 Å². The lowest BCUT2D eigenvalue weighted by Crippen LogP contribution is -2.21. The predicted molar refractivity (Wildman–Crippen MR) is 52.7 cm³/mol. The second kappa shape index (κ2) is 4.87. The lowest BCUT2D eigenvalue weighted by molar-refractivity contribution is -0.137. The molecule has 0 saturated carbocycles. The van der Waals surface area contributed by atoms with Gasteiger partial charge in [-0.2, -0.15) is 0 Å². The van der Waals surface area contributed by atoms with Crippen molar-refractivity contribution in [2.75, 3.05) is 5.32 Å². The first-order valence-corrected chi connectivity index (χ1v) is 4.08. The highest BCUT2D eigenvalue weighted by atomic mass is 16.4. The Labute approximate surface area is 82.0 Å². The van der Waals surface area contributed by atoms with Crippen LogP contribution in [0.15, 0.2) is 24.4 Å². The number of aromatic nitrogens is 1. The molecule has 0 radical (unpaired) electrons. The number of carbonyl (C=O) groups is 1. The molecule has 0 aliphatic heterocycles. The summed E-state index contributed by atoms with van der Waals surface area (Å²) in [4.78, 5) is 14.4. The highest BCUT2D eigenvalue weighted by Gasteiger charge is 2.09. The lowest BCUT2D eigenvalue weighted by Gasteiger charge is -2.10. The van der Waals surface area contributed by atoms with Crippen LogP contribution in [0.5, 0.6) is 0 Å². The molecule has 1 atom stereocenters. The summed E-state index contributed by atoms with van der Waals surface area (Å²) in [5.74, 6) is 2.00. The van der Waals surface area contributed by atoms with Gasteiger partial charge in [-0.05, 0) is 12.1 Å². The summed E-state index contributed by atoms with van der Waals surface area (Å²) < 4.78 is 0. The van der Waals surface area contributed by atoms with E-state index in [4.69, 9.17) is 11.5 Å². The van der Waals surface area contributed by atoms with E-state index in [-0.39, 0.29) is 6.42 Å². The zero-order valence-electron chi connectivity index (χ0n) is 7.47. The highest BCUT2D eigenvalue weighted by molar-refractivity contribution is 5.69. The van der Waals surface area contributed by atoms with Crippen LogP contribution in [0.2, 0.25) is 0 Å². The Morgan fingerprint density at radius 1 is 1.71 bits per heavy atom. The van der Waals surface area contributed by atoms with Crippen molar-refractivity contribution in [3.05, 3.63) is 24.4 Å². The standard InChI is InChI=1S/C10H10N2O2/c1-2-8(7-10(13)14)12-9-5-3-4-6-11-9/h1,3-6,8H,7H2,(H,11,12)(H,13,14)/t8-/m0/s1. The van der Waals surface area contributed by atoms with E-state index in [1.807, 2.05) is 0 Å². The van der Waals surface area contributed by atoms with Crippen LogP contribution in [0.1, 0.15) is 6.42 Å². The number of pyridine rings is 1. The fourth-order valence-corrected chi connectivity index (χ4v) is 0.953. The van der Waals surface area contributed by atoms with Crippen molar-refractivity contribution >= 4 is 11.8 Å². The lowest BCUT2D eigenvalue weighted by atomic mass is 10.2. The van der Waals surface area contributed by atoms with Crippen LogP contribution < -0.4 is 5.32 Å². The number of carboxylic acids is 1. The minimum Gasteiger partial charge on any atom is -0.481 e. The van der Waals surface area contributed by atoms with E-state index in [9.17, 15) is 4.79 Å². The Kier molecular flexibility index (Phi) is 3.50. The first kappa shape index (κ1) is 10.1.